The van der Waals surface area contributed by atoms with E-state index in [1.165, 1.54) is 6.92 Å². The van der Waals surface area contributed by atoms with Crippen molar-refractivity contribution in [1.29, 1.82) is 0 Å². The van der Waals surface area contributed by atoms with Crippen LogP contribution in [0.2, 0.25) is 0 Å². The van der Waals surface area contributed by atoms with E-state index in [1.54, 1.807) is 0 Å². The molecule has 1 rings (SSSR count). The van der Waals surface area contributed by atoms with E-state index in [1.807, 2.05) is 0 Å². The summed E-state index contributed by atoms with van der Waals surface area (Å²) >= 11 is -0.237. The molecule has 13 heteroatoms. The largest absolute Gasteiger partial charge is 1.00 e. The fourth-order valence-electron chi connectivity index (χ4n) is 1.51. The van der Waals surface area contributed by atoms with Crippen LogP contribution in [0.4, 0.5) is 0 Å². The quantitative estimate of drug-likeness (QED) is 0.227. The van der Waals surface area contributed by atoms with Gasteiger partial charge in [-0.2, -0.15) is 0 Å². The molecule has 21 heavy (non-hydrogen) atoms. The van der Waals surface area contributed by atoms with Gasteiger partial charge in [0.1, 0.15) is 6.04 Å². The Hall–Kier alpha value is -0.630. The Morgan fingerprint density at radius 1 is 1.57 bits per heavy atom. The standard InChI is InChI=1S/C8H11N3O7S2.Na/c1-4(9)7(13)11(6(12)3-19-15)5-2-10(8(5)14)20(16,17)18;/h3-5H,2,9H2,1H3,(H,16,17,18);/q;+1/p-1/t4-,5?;/m0./s1. The Morgan fingerprint density at radius 3 is 2.43 bits per heavy atom. The predicted octanol–water partition coefficient (Wildman–Crippen LogP) is -6.62. The van der Waals surface area contributed by atoms with Crippen molar-refractivity contribution < 1.29 is 61.1 Å². The molecule has 3 amide bonds. The molecule has 10 nitrogen and oxygen atoms in total. The number of rotatable bonds is 4. The molecular weight excluding hydrogens is 337 g/mol. The van der Waals surface area contributed by atoms with E-state index in [2.05, 4.69) is 0 Å². The molecule has 2 atom stereocenters. The summed E-state index contributed by atoms with van der Waals surface area (Å²) in [6.45, 7) is 0.602. The molecule has 1 unspecified atom stereocenters. The van der Waals surface area contributed by atoms with E-state index < -0.39 is 46.7 Å². The molecular formula is C8H10N3NaO7S2. The molecule has 1 aliphatic rings. The van der Waals surface area contributed by atoms with Crippen LogP contribution in [0.5, 0.6) is 0 Å². The first-order chi connectivity index (χ1) is 9.11. The fourth-order valence-corrected chi connectivity index (χ4v) is 2.37. The zero-order valence-electron chi connectivity index (χ0n) is 11.1. The minimum Gasteiger partial charge on any atom is -0.731 e. The molecule has 0 aromatic carbocycles. The Labute approximate surface area is 145 Å². The van der Waals surface area contributed by atoms with Crippen molar-refractivity contribution in [2.45, 2.75) is 19.0 Å². The van der Waals surface area contributed by atoms with E-state index in [9.17, 15) is 31.6 Å². The van der Waals surface area contributed by atoms with Crippen LogP contribution in [0.15, 0.2) is 0 Å². The van der Waals surface area contributed by atoms with Crippen LogP contribution >= 0.6 is 0 Å². The first kappa shape index (κ1) is 20.4. The summed E-state index contributed by atoms with van der Waals surface area (Å²) in [5, 5.41) is 0.530. The van der Waals surface area contributed by atoms with Crippen LogP contribution in [0, 0.1) is 0 Å². The van der Waals surface area contributed by atoms with Crippen LogP contribution in [0.25, 0.3) is 0 Å². The topological polar surface area (TPSA) is 158 Å². The van der Waals surface area contributed by atoms with E-state index in [4.69, 9.17) is 5.73 Å². The molecule has 0 bridgehead atoms. The van der Waals surface area contributed by atoms with Crippen LogP contribution < -0.4 is 35.3 Å². The smallest absolute Gasteiger partial charge is 0.731 e. The van der Waals surface area contributed by atoms with Crippen molar-refractivity contribution in [3.8, 4) is 0 Å². The van der Waals surface area contributed by atoms with Gasteiger partial charge in [-0.1, -0.05) is 0 Å². The van der Waals surface area contributed by atoms with Gasteiger partial charge in [-0.25, -0.2) is 16.9 Å². The number of hydrogen-bond acceptors (Lipinski definition) is 8. The summed E-state index contributed by atoms with van der Waals surface area (Å²) in [4.78, 5) is 35.3. The van der Waals surface area contributed by atoms with Crippen molar-refractivity contribution >= 4 is 44.6 Å². The van der Waals surface area contributed by atoms with Gasteiger partial charge >= 0.3 is 29.6 Å². The second-order valence-electron chi connectivity index (χ2n) is 3.89. The van der Waals surface area contributed by atoms with Gasteiger partial charge in [0.25, 0.3) is 11.8 Å². The normalized spacial score (nSPS) is 18.9. The molecule has 1 aliphatic heterocycles. The molecule has 0 spiro atoms. The number of β-lactam (4-membered cyclic amide) rings is 1. The van der Waals surface area contributed by atoms with Crippen LogP contribution in [0.1, 0.15) is 6.92 Å². The van der Waals surface area contributed by atoms with Gasteiger partial charge < -0.3 is 10.3 Å². The molecule has 2 N–H and O–H groups in total. The maximum atomic E-state index is 11.7. The number of hydrogen-bond donors (Lipinski definition) is 1. The molecule has 0 saturated carbocycles. The summed E-state index contributed by atoms with van der Waals surface area (Å²) in [7, 11) is -4.99. The van der Waals surface area contributed by atoms with Crippen LogP contribution in [0.3, 0.4) is 0 Å². The fraction of sp³-hybridized carbons (Fsp3) is 0.500. The first-order valence-electron chi connectivity index (χ1n) is 5.13. The van der Waals surface area contributed by atoms with Gasteiger partial charge in [0.15, 0.2) is 10.3 Å². The summed E-state index contributed by atoms with van der Waals surface area (Å²) < 4.78 is 42.3. The number of carbonyl (C=O) groups is 3. The Morgan fingerprint density at radius 2 is 2.10 bits per heavy atom. The number of nitrogens with two attached hydrogens (primary N) is 1. The molecule has 0 aliphatic carbocycles. The monoisotopic (exact) mass is 347 g/mol. The molecule has 1 heterocycles. The number of nitrogens with zero attached hydrogens (tertiary/aromatic N) is 2. The second kappa shape index (κ2) is 7.58. The molecule has 1 saturated heterocycles. The minimum absolute atomic E-state index is 0. The zero-order chi connectivity index (χ0) is 15.7. The van der Waals surface area contributed by atoms with Gasteiger partial charge in [0.2, 0.25) is 5.91 Å². The Bertz CT molecular complexity index is 613. The van der Waals surface area contributed by atoms with Gasteiger partial charge in [-0.3, -0.25) is 19.3 Å². The molecule has 1 fully saturated rings. The summed E-state index contributed by atoms with van der Waals surface area (Å²) in [6.07, 6.45) is 0. The van der Waals surface area contributed by atoms with E-state index >= 15 is 0 Å². The van der Waals surface area contributed by atoms with Crippen molar-refractivity contribution in [2.75, 3.05) is 6.54 Å². The third kappa shape index (κ3) is 4.42. The minimum atomic E-state index is -4.99. The molecule has 0 aromatic rings. The first-order valence-corrected chi connectivity index (χ1v) is 7.30. The summed E-state index contributed by atoms with van der Waals surface area (Å²) in [6, 6.07) is -2.59. The number of carbonyl (C=O) groups excluding carboxylic acids is 3. The maximum absolute atomic E-state index is 11.7. The third-order valence-corrected chi connectivity index (χ3v) is 3.63. The van der Waals surface area contributed by atoms with Gasteiger partial charge in [0.05, 0.1) is 29.2 Å². The van der Waals surface area contributed by atoms with Gasteiger partial charge in [-0.05, 0) is 6.92 Å². The third-order valence-electron chi connectivity index (χ3n) is 2.46. The van der Waals surface area contributed by atoms with Crippen molar-refractivity contribution in [3.63, 3.8) is 0 Å². The van der Waals surface area contributed by atoms with E-state index in [0.29, 0.717) is 10.3 Å². The van der Waals surface area contributed by atoms with E-state index in [-0.39, 0.29) is 45.1 Å². The zero-order valence-corrected chi connectivity index (χ0v) is 14.7. The maximum Gasteiger partial charge on any atom is 1.00 e. The van der Waals surface area contributed by atoms with Crippen LogP contribution in [-0.4, -0.2) is 68.1 Å². The van der Waals surface area contributed by atoms with E-state index in [0.717, 1.165) is 0 Å². The Balaban J connectivity index is 0.00000400. The average molecular weight is 347 g/mol. The van der Waals surface area contributed by atoms with Gasteiger partial charge in [-0.15, -0.1) is 0 Å². The summed E-state index contributed by atoms with van der Waals surface area (Å²) in [5.41, 5.74) is 5.31. The molecule has 112 valence electrons. The summed E-state index contributed by atoms with van der Waals surface area (Å²) in [5.74, 6) is -3.26. The molecule has 0 aromatic heterocycles. The Kier molecular flexibility index (Phi) is 7.35. The predicted molar refractivity (Wildman–Crippen MR) is 64.9 cm³/mol. The molecule has 0 radical (unpaired) electrons. The SMILES string of the molecule is C[C@H](N)C(=O)N(C(=O)C=S=O)C1CN(S(=O)(=O)[O-])C1=O.[Na+]. The number of amides is 3. The van der Waals surface area contributed by atoms with Crippen molar-refractivity contribution in [2.24, 2.45) is 5.73 Å². The number of imide groups is 1. The van der Waals surface area contributed by atoms with Crippen molar-refractivity contribution in [1.82, 2.24) is 9.21 Å². The average Bonchev–Trinajstić information content (AvgIpc) is 2.30. The van der Waals surface area contributed by atoms with Gasteiger partial charge in [0, 0.05) is 0 Å². The second-order valence-corrected chi connectivity index (χ2v) is 5.62. The van der Waals surface area contributed by atoms with Crippen molar-refractivity contribution in [3.05, 3.63) is 0 Å². The van der Waals surface area contributed by atoms with Crippen LogP contribution in [-0.2, 0) is 35.9 Å².